The molecule has 0 N–H and O–H groups in total. The Bertz CT molecular complexity index is 3430. The SMILES string of the molecule is Cc1cc(C)c(/C(=C\C=C2C(c3ccccc3)=C(c3ccccc3)C(c3ccccc3)=C2c2ccccc2)S/C(=C2\C(c3ccccc3)=C(c3ccccc3)c3ccccc32)c2ccccc2)c(C)c1. The Balaban J connectivity index is 1.25. The van der Waals surface area contributed by atoms with Gasteiger partial charge in [0.25, 0.3) is 0 Å². The van der Waals surface area contributed by atoms with Crippen LogP contribution in [0.1, 0.15) is 72.3 Å². The normalized spacial score (nSPS) is 14.3. The Labute approximate surface area is 417 Å². The van der Waals surface area contributed by atoms with Crippen molar-refractivity contribution in [2.45, 2.75) is 20.8 Å². The summed E-state index contributed by atoms with van der Waals surface area (Å²) in [4.78, 5) is 2.39. The quantitative estimate of drug-likeness (QED) is 0.125. The second-order valence-electron chi connectivity index (χ2n) is 18.0. The number of thioether (sulfide) groups is 1. The second kappa shape index (κ2) is 19.8. The number of aryl methyl sites for hydroxylation is 3. The molecule has 9 aromatic rings. The minimum atomic E-state index is 1.18. The fraction of sp³-hybridized carbons (Fsp3) is 0.0435. The van der Waals surface area contributed by atoms with E-state index < -0.39 is 0 Å². The predicted molar refractivity (Wildman–Crippen MR) is 302 cm³/mol. The van der Waals surface area contributed by atoms with E-state index in [1.54, 1.807) is 0 Å². The molecule has 334 valence electrons. The molecule has 0 saturated heterocycles. The van der Waals surface area contributed by atoms with Crippen molar-refractivity contribution in [3.8, 4) is 0 Å². The van der Waals surface area contributed by atoms with Gasteiger partial charge in [0.15, 0.2) is 0 Å². The van der Waals surface area contributed by atoms with Crippen LogP contribution >= 0.6 is 11.8 Å². The number of fused-ring (bicyclic) bond motifs is 1. The second-order valence-corrected chi connectivity index (χ2v) is 19.1. The van der Waals surface area contributed by atoms with Crippen molar-refractivity contribution in [2.75, 3.05) is 0 Å². The van der Waals surface area contributed by atoms with Crippen LogP contribution in [0, 0.1) is 20.8 Å². The number of hydrogen-bond acceptors (Lipinski definition) is 1. The zero-order valence-electron chi connectivity index (χ0n) is 39.7. The van der Waals surface area contributed by atoms with Crippen molar-refractivity contribution < 1.29 is 0 Å². The van der Waals surface area contributed by atoms with Crippen molar-refractivity contribution in [1.29, 1.82) is 0 Å². The molecule has 0 nitrogen and oxygen atoms in total. The van der Waals surface area contributed by atoms with Crippen molar-refractivity contribution in [3.63, 3.8) is 0 Å². The van der Waals surface area contributed by atoms with E-state index in [2.05, 4.69) is 282 Å². The molecule has 1 heteroatoms. The average molecular weight is 913 g/mol. The van der Waals surface area contributed by atoms with E-state index in [4.69, 9.17) is 0 Å². The molecule has 0 heterocycles. The van der Waals surface area contributed by atoms with Crippen molar-refractivity contribution in [1.82, 2.24) is 0 Å². The molecular weight excluding hydrogens is 861 g/mol. The predicted octanol–water partition coefficient (Wildman–Crippen LogP) is 18.4. The third-order valence-electron chi connectivity index (χ3n) is 13.4. The number of benzene rings is 9. The van der Waals surface area contributed by atoms with E-state index in [1.807, 2.05) is 11.8 Å². The van der Waals surface area contributed by atoms with Gasteiger partial charge < -0.3 is 0 Å². The van der Waals surface area contributed by atoms with Crippen LogP contribution < -0.4 is 0 Å². The van der Waals surface area contributed by atoms with Crippen LogP contribution in [-0.2, 0) is 0 Å². The summed E-state index contributed by atoms with van der Waals surface area (Å²) in [6.07, 6.45) is 4.87. The van der Waals surface area contributed by atoms with Crippen LogP contribution in [-0.4, -0.2) is 0 Å². The van der Waals surface area contributed by atoms with Gasteiger partial charge in [0.05, 0.1) is 0 Å². The first kappa shape index (κ1) is 44.3. The van der Waals surface area contributed by atoms with Gasteiger partial charge in [-0.05, 0) is 133 Å². The molecule has 0 radical (unpaired) electrons. The highest BCUT2D eigenvalue weighted by Gasteiger charge is 2.34. The summed E-state index contributed by atoms with van der Waals surface area (Å²) in [5.41, 5.74) is 25.6. The molecular formula is C69H52S. The summed E-state index contributed by atoms with van der Waals surface area (Å²) in [5.74, 6) is 0. The molecule has 0 bridgehead atoms. The van der Waals surface area contributed by atoms with Gasteiger partial charge in [-0.25, -0.2) is 0 Å². The van der Waals surface area contributed by atoms with Gasteiger partial charge in [-0.3, -0.25) is 0 Å². The topological polar surface area (TPSA) is 0 Å². The smallest absolute Gasteiger partial charge is 0.0280 e. The Morgan fingerprint density at radius 3 is 1.11 bits per heavy atom. The van der Waals surface area contributed by atoms with Gasteiger partial charge in [0.2, 0.25) is 0 Å². The lowest BCUT2D eigenvalue weighted by molar-refractivity contribution is 1.30. The first-order valence-electron chi connectivity index (χ1n) is 24.2. The van der Waals surface area contributed by atoms with Gasteiger partial charge in [0.1, 0.15) is 0 Å². The molecule has 0 aliphatic heterocycles. The van der Waals surface area contributed by atoms with E-state index in [1.165, 1.54) is 127 Å². The first-order chi connectivity index (χ1) is 34.5. The van der Waals surface area contributed by atoms with E-state index in [-0.39, 0.29) is 0 Å². The third-order valence-corrected chi connectivity index (χ3v) is 14.6. The third kappa shape index (κ3) is 8.51. The molecule has 2 aliphatic rings. The molecule has 0 fully saturated rings. The van der Waals surface area contributed by atoms with Crippen molar-refractivity contribution in [2.24, 2.45) is 0 Å². The monoisotopic (exact) mass is 912 g/mol. The van der Waals surface area contributed by atoms with Crippen molar-refractivity contribution >= 4 is 60.6 Å². The van der Waals surface area contributed by atoms with Crippen LogP contribution in [0.15, 0.2) is 266 Å². The first-order valence-corrected chi connectivity index (χ1v) is 25.0. The highest BCUT2D eigenvalue weighted by molar-refractivity contribution is 8.16. The molecule has 0 aromatic heterocycles. The Morgan fingerprint density at radius 1 is 0.343 bits per heavy atom. The highest BCUT2D eigenvalue weighted by Crippen LogP contribution is 2.58. The molecule has 0 unspecified atom stereocenters. The van der Waals surface area contributed by atoms with E-state index in [9.17, 15) is 0 Å². The highest BCUT2D eigenvalue weighted by atomic mass is 32.2. The van der Waals surface area contributed by atoms with Gasteiger partial charge >= 0.3 is 0 Å². The fourth-order valence-corrected chi connectivity index (χ4v) is 12.0. The summed E-state index contributed by atoms with van der Waals surface area (Å²) < 4.78 is 0. The lowest BCUT2D eigenvalue weighted by Crippen LogP contribution is -1.97. The van der Waals surface area contributed by atoms with Crippen LogP contribution in [0.5, 0.6) is 0 Å². The summed E-state index contributed by atoms with van der Waals surface area (Å²) in [7, 11) is 0. The van der Waals surface area contributed by atoms with Gasteiger partial charge in [-0.2, -0.15) is 0 Å². The molecule has 0 saturated carbocycles. The molecule has 0 spiro atoms. The lowest BCUT2D eigenvalue weighted by atomic mass is 9.89. The molecule has 70 heavy (non-hydrogen) atoms. The van der Waals surface area contributed by atoms with Gasteiger partial charge in [-0.1, -0.05) is 272 Å². The summed E-state index contributed by atoms with van der Waals surface area (Å²) in [5, 5.41) is 0. The van der Waals surface area contributed by atoms with E-state index >= 15 is 0 Å². The molecule has 0 atom stereocenters. The lowest BCUT2D eigenvalue weighted by Gasteiger charge is -2.21. The molecule has 0 amide bonds. The maximum Gasteiger partial charge on any atom is 0.0280 e. The van der Waals surface area contributed by atoms with Crippen LogP contribution in [0.4, 0.5) is 0 Å². The minimum Gasteiger partial charge on any atom is -0.0881 e. The van der Waals surface area contributed by atoms with Crippen molar-refractivity contribution in [3.05, 3.63) is 339 Å². The largest absolute Gasteiger partial charge is 0.0881 e. The van der Waals surface area contributed by atoms with Crippen LogP contribution in [0.2, 0.25) is 0 Å². The van der Waals surface area contributed by atoms with Gasteiger partial charge in [0, 0.05) is 15.4 Å². The Hall–Kier alpha value is -8.23. The number of allylic oxidation sites excluding steroid dienone is 9. The standard InChI is InChI=1S/C69H52S/c1-47-45-48(2)61(49(3)46-47)60(70-69(56-39-23-10-24-40-56)68-58-42-26-25-41-57(58)62(50-27-11-4-12-28-50)67(68)55-37-21-9-22-38-55)44-43-59-63(51-29-13-5-14-30-51)65(53-33-17-7-18-34-53)66(54-35-19-8-20-36-54)64(59)52-31-15-6-16-32-52/h4-46H,1-3H3/b60-44+,69-68-. The fourth-order valence-electron chi connectivity index (χ4n) is 10.6. The summed E-state index contributed by atoms with van der Waals surface area (Å²) >= 11 is 1.89. The number of hydrogen-bond donors (Lipinski definition) is 0. The number of rotatable bonds is 11. The van der Waals surface area contributed by atoms with Gasteiger partial charge in [-0.15, -0.1) is 0 Å². The van der Waals surface area contributed by atoms with E-state index in [0.29, 0.717) is 0 Å². The maximum atomic E-state index is 2.43. The molecule has 9 aromatic carbocycles. The summed E-state index contributed by atoms with van der Waals surface area (Å²) in [6, 6.07) is 90.6. The molecule has 2 aliphatic carbocycles. The van der Waals surface area contributed by atoms with Crippen LogP contribution in [0.25, 0.3) is 48.8 Å². The molecule has 11 rings (SSSR count). The Morgan fingerprint density at radius 2 is 0.686 bits per heavy atom. The van der Waals surface area contributed by atoms with E-state index in [0.717, 1.165) is 0 Å². The zero-order valence-corrected chi connectivity index (χ0v) is 40.6. The summed E-state index contributed by atoms with van der Waals surface area (Å²) in [6.45, 7) is 6.77. The maximum absolute atomic E-state index is 2.43. The minimum absolute atomic E-state index is 1.18. The van der Waals surface area contributed by atoms with Crippen LogP contribution in [0.3, 0.4) is 0 Å². The zero-order chi connectivity index (χ0) is 47.4. The Kier molecular flexibility index (Phi) is 12.5. The average Bonchev–Trinajstić information content (AvgIpc) is 3.94.